The highest BCUT2D eigenvalue weighted by Gasteiger charge is 2.07. The number of hydrogen-bond donors (Lipinski definition) is 0. The summed E-state index contributed by atoms with van der Waals surface area (Å²) in [5, 5.41) is 0. The number of aryl methyl sites for hydroxylation is 1. The number of rotatable bonds is 7. The molecule has 0 aliphatic rings. The van der Waals surface area contributed by atoms with E-state index in [0.29, 0.717) is 18.1 Å². The Morgan fingerprint density at radius 3 is 2.59 bits per heavy atom. The Labute approximate surface area is 133 Å². The molecule has 0 fully saturated rings. The van der Waals surface area contributed by atoms with Gasteiger partial charge < -0.3 is 4.74 Å². The zero-order valence-corrected chi connectivity index (χ0v) is 13.4. The molecule has 2 aromatic carbocycles. The highest BCUT2D eigenvalue weighted by molar-refractivity contribution is 5.89. The van der Waals surface area contributed by atoms with Crippen molar-refractivity contribution in [3.8, 4) is 0 Å². The van der Waals surface area contributed by atoms with Crippen molar-refractivity contribution in [2.45, 2.75) is 33.1 Å². The molecule has 2 aromatic rings. The van der Waals surface area contributed by atoms with Crippen LogP contribution >= 0.6 is 0 Å². The van der Waals surface area contributed by atoms with Crippen LogP contribution in [0.4, 0.5) is 0 Å². The van der Waals surface area contributed by atoms with Gasteiger partial charge >= 0.3 is 5.97 Å². The van der Waals surface area contributed by atoms with Crippen molar-refractivity contribution in [2.24, 2.45) is 5.92 Å². The van der Waals surface area contributed by atoms with Crippen molar-refractivity contribution >= 4 is 5.97 Å². The van der Waals surface area contributed by atoms with Crippen molar-refractivity contribution in [3.05, 3.63) is 71.3 Å². The molecule has 0 unspecified atom stereocenters. The van der Waals surface area contributed by atoms with E-state index < -0.39 is 0 Å². The van der Waals surface area contributed by atoms with Gasteiger partial charge in [0.2, 0.25) is 0 Å². The van der Waals surface area contributed by atoms with E-state index in [9.17, 15) is 4.79 Å². The molecule has 0 aliphatic carbocycles. The Morgan fingerprint density at radius 2 is 1.86 bits per heavy atom. The van der Waals surface area contributed by atoms with Crippen LogP contribution in [0.25, 0.3) is 0 Å². The van der Waals surface area contributed by atoms with E-state index in [2.05, 4.69) is 38.1 Å². The molecule has 0 amide bonds. The summed E-state index contributed by atoms with van der Waals surface area (Å²) >= 11 is 0. The van der Waals surface area contributed by atoms with Crippen molar-refractivity contribution in [1.29, 1.82) is 0 Å². The van der Waals surface area contributed by atoms with Gasteiger partial charge in [0.05, 0.1) is 12.2 Å². The van der Waals surface area contributed by atoms with Crippen LogP contribution in [-0.4, -0.2) is 12.6 Å². The van der Waals surface area contributed by atoms with Crippen LogP contribution < -0.4 is 0 Å². The maximum Gasteiger partial charge on any atom is 0.338 e. The van der Waals surface area contributed by atoms with Gasteiger partial charge in [-0.15, -0.1) is 0 Å². The second-order valence-electron chi connectivity index (χ2n) is 5.94. The fourth-order valence-corrected chi connectivity index (χ4v) is 2.60. The first-order chi connectivity index (χ1) is 10.6. The number of ether oxygens (including phenoxy) is 1. The molecule has 2 nitrogen and oxygen atoms in total. The minimum Gasteiger partial charge on any atom is -0.462 e. The van der Waals surface area contributed by atoms with Crippen LogP contribution in [-0.2, 0) is 11.2 Å². The highest BCUT2D eigenvalue weighted by Crippen LogP contribution is 2.15. The highest BCUT2D eigenvalue weighted by atomic mass is 16.5. The van der Waals surface area contributed by atoms with Gasteiger partial charge in [0, 0.05) is 0 Å². The number of esters is 1. The Bertz CT molecular complexity index is 590. The molecule has 0 aromatic heterocycles. The summed E-state index contributed by atoms with van der Waals surface area (Å²) in [5.74, 6) is 0.365. The number of carbonyl (C=O) groups excluding carboxylic acids is 1. The van der Waals surface area contributed by atoms with Crippen molar-refractivity contribution in [1.82, 2.24) is 0 Å². The molecule has 0 saturated heterocycles. The molecule has 22 heavy (non-hydrogen) atoms. The maximum absolute atomic E-state index is 11.8. The van der Waals surface area contributed by atoms with Gasteiger partial charge in [0.25, 0.3) is 0 Å². The molecule has 0 aliphatic heterocycles. The lowest BCUT2D eigenvalue weighted by molar-refractivity contribution is 0.0494. The standard InChI is InChI=1S/C20H24O2/c1-16-8-6-10-18(14-16)15-17(2)9-7-13-22-20(21)19-11-4-3-5-12-19/h3-6,8,10-12,14,17H,7,9,13,15H2,1-2H3/t17-/m0/s1. The van der Waals surface area contributed by atoms with Crippen LogP contribution in [0.15, 0.2) is 54.6 Å². The van der Waals surface area contributed by atoms with Crippen LogP contribution in [0, 0.1) is 12.8 Å². The van der Waals surface area contributed by atoms with E-state index in [-0.39, 0.29) is 5.97 Å². The summed E-state index contributed by atoms with van der Waals surface area (Å²) in [4.78, 5) is 11.8. The van der Waals surface area contributed by atoms with E-state index in [1.165, 1.54) is 11.1 Å². The minimum absolute atomic E-state index is 0.230. The van der Waals surface area contributed by atoms with Gasteiger partial charge in [-0.1, -0.05) is 55.0 Å². The summed E-state index contributed by atoms with van der Waals surface area (Å²) in [6.45, 7) is 4.87. The monoisotopic (exact) mass is 296 g/mol. The first-order valence-electron chi connectivity index (χ1n) is 7.93. The minimum atomic E-state index is -0.230. The largest absolute Gasteiger partial charge is 0.462 e. The Kier molecular flexibility index (Phi) is 6.20. The molecule has 0 bridgehead atoms. The maximum atomic E-state index is 11.8. The van der Waals surface area contributed by atoms with E-state index in [1.807, 2.05) is 18.2 Å². The normalized spacial score (nSPS) is 11.9. The van der Waals surface area contributed by atoms with Crippen LogP contribution in [0.2, 0.25) is 0 Å². The first-order valence-corrected chi connectivity index (χ1v) is 7.93. The second-order valence-corrected chi connectivity index (χ2v) is 5.94. The van der Waals surface area contributed by atoms with Crippen LogP contribution in [0.3, 0.4) is 0 Å². The van der Waals surface area contributed by atoms with Crippen molar-refractivity contribution < 1.29 is 9.53 Å². The summed E-state index contributed by atoms with van der Waals surface area (Å²) in [5.41, 5.74) is 3.31. The van der Waals surface area contributed by atoms with Gasteiger partial charge in [-0.3, -0.25) is 0 Å². The van der Waals surface area contributed by atoms with Gasteiger partial charge in [0.15, 0.2) is 0 Å². The molecule has 116 valence electrons. The summed E-state index contributed by atoms with van der Waals surface area (Å²) in [6, 6.07) is 17.8. The Hall–Kier alpha value is -2.09. The van der Waals surface area contributed by atoms with Gasteiger partial charge in [-0.25, -0.2) is 4.79 Å². The molecule has 0 saturated carbocycles. The predicted octanol–water partition coefficient (Wildman–Crippen LogP) is 4.81. The van der Waals surface area contributed by atoms with Crippen LogP contribution in [0.1, 0.15) is 41.3 Å². The van der Waals surface area contributed by atoms with E-state index >= 15 is 0 Å². The number of benzene rings is 2. The third kappa shape index (κ3) is 5.36. The molecule has 0 spiro atoms. The van der Waals surface area contributed by atoms with Crippen LogP contribution in [0.5, 0.6) is 0 Å². The fraction of sp³-hybridized carbons (Fsp3) is 0.350. The third-order valence-corrected chi connectivity index (χ3v) is 3.75. The third-order valence-electron chi connectivity index (χ3n) is 3.75. The molecule has 2 heteroatoms. The SMILES string of the molecule is Cc1cccc(C[C@@H](C)CCCOC(=O)c2ccccc2)c1. The zero-order valence-electron chi connectivity index (χ0n) is 13.4. The summed E-state index contributed by atoms with van der Waals surface area (Å²) in [7, 11) is 0. The molecular formula is C20H24O2. The topological polar surface area (TPSA) is 26.3 Å². The molecule has 2 rings (SSSR count). The Morgan fingerprint density at radius 1 is 1.09 bits per heavy atom. The smallest absolute Gasteiger partial charge is 0.338 e. The second kappa shape index (κ2) is 8.38. The lowest BCUT2D eigenvalue weighted by atomic mass is 9.96. The molecule has 1 atom stereocenters. The van der Waals surface area contributed by atoms with Crippen molar-refractivity contribution in [2.75, 3.05) is 6.61 Å². The van der Waals surface area contributed by atoms with Gasteiger partial charge in [-0.2, -0.15) is 0 Å². The summed E-state index contributed by atoms with van der Waals surface area (Å²) in [6.07, 6.45) is 3.05. The van der Waals surface area contributed by atoms with E-state index in [0.717, 1.165) is 19.3 Å². The van der Waals surface area contributed by atoms with Gasteiger partial charge in [0.1, 0.15) is 0 Å². The average molecular weight is 296 g/mol. The van der Waals surface area contributed by atoms with Gasteiger partial charge in [-0.05, 0) is 49.8 Å². The average Bonchev–Trinajstić information content (AvgIpc) is 2.52. The lowest BCUT2D eigenvalue weighted by Crippen LogP contribution is -2.08. The number of hydrogen-bond acceptors (Lipinski definition) is 2. The first kappa shape index (κ1) is 16.3. The van der Waals surface area contributed by atoms with E-state index in [1.54, 1.807) is 12.1 Å². The molecular weight excluding hydrogens is 272 g/mol. The summed E-state index contributed by atoms with van der Waals surface area (Å²) < 4.78 is 5.31. The predicted molar refractivity (Wildman–Crippen MR) is 90.0 cm³/mol. The quantitative estimate of drug-likeness (QED) is 0.541. The number of carbonyl (C=O) groups is 1. The van der Waals surface area contributed by atoms with Crippen molar-refractivity contribution in [3.63, 3.8) is 0 Å². The zero-order chi connectivity index (χ0) is 15.8. The molecule has 0 N–H and O–H groups in total. The van der Waals surface area contributed by atoms with E-state index in [4.69, 9.17) is 4.74 Å². The Balaban J connectivity index is 1.67. The molecule has 0 radical (unpaired) electrons. The fourth-order valence-electron chi connectivity index (χ4n) is 2.60. The lowest BCUT2D eigenvalue weighted by Gasteiger charge is -2.12. The molecule has 0 heterocycles.